The van der Waals surface area contributed by atoms with E-state index < -0.39 is 10.0 Å². The molecule has 0 spiro atoms. The Labute approximate surface area is 162 Å². The fraction of sp³-hybridized carbons (Fsp3) is 0.316. The second kappa shape index (κ2) is 7.92. The van der Waals surface area contributed by atoms with Crippen molar-refractivity contribution in [3.05, 3.63) is 57.5 Å². The molecule has 8 heteroatoms. The largest absolute Gasteiger partial charge is 0.337 e. The summed E-state index contributed by atoms with van der Waals surface area (Å²) in [6.07, 6.45) is 3.06. The smallest absolute Gasteiger partial charge is 0.246 e. The van der Waals surface area contributed by atoms with Gasteiger partial charge in [0.05, 0.1) is 4.90 Å². The van der Waals surface area contributed by atoms with Crippen molar-refractivity contribution < 1.29 is 17.6 Å². The van der Waals surface area contributed by atoms with Gasteiger partial charge in [-0.05, 0) is 43.7 Å². The molecule has 0 unspecified atom stereocenters. The minimum atomic E-state index is -3.53. The van der Waals surface area contributed by atoms with Crippen molar-refractivity contribution in [2.24, 2.45) is 0 Å². The van der Waals surface area contributed by atoms with Gasteiger partial charge in [0.15, 0.2) is 0 Å². The van der Waals surface area contributed by atoms with Gasteiger partial charge in [0, 0.05) is 42.0 Å². The number of thiophene rings is 1. The standard InChI is InChI=1S/C19H21FN2O3S2/c1-14-13-18(15(2)26-14)27(24,25)22-11-9-21(10-12-22)19(23)8-5-16-3-6-17(20)7-4-16/h3-8,13H,9-12H2,1-2H3/b8-5+. The summed E-state index contributed by atoms with van der Waals surface area (Å²) in [5.74, 6) is -0.509. The number of piperazine rings is 1. The Bertz CT molecular complexity index is 957. The van der Waals surface area contributed by atoms with Gasteiger partial charge in [-0.1, -0.05) is 12.1 Å². The Balaban J connectivity index is 1.62. The molecule has 0 N–H and O–H groups in total. The molecule has 1 aromatic heterocycles. The number of aryl methyl sites for hydroxylation is 2. The third-order valence-electron chi connectivity index (χ3n) is 4.45. The zero-order valence-corrected chi connectivity index (χ0v) is 16.8. The molecule has 27 heavy (non-hydrogen) atoms. The van der Waals surface area contributed by atoms with E-state index in [0.29, 0.717) is 18.0 Å². The molecule has 0 saturated carbocycles. The summed E-state index contributed by atoms with van der Waals surface area (Å²) in [6.45, 7) is 4.92. The molecule has 2 heterocycles. The Morgan fingerprint density at radius 2 is 1.74 bits per heavy atom. The van der Waals surface area contributed by atoms with E-state index in [4.69, 9.17) is 0 Å². The summed E-state index contributed by atoms with van der Waals surface area (Å²) in [6, 6.07) is 7.56. The first-order valence-corrected chi connectivity index (χ1v) is 10.8. The van der Waals surface area contributed by atoms with Gasteiger partial charge in [0.25, 0.3) is 0 Å². The van der Waals surface area contributed by atoms with Crippen molar-refractivity contribution in [2.75, 3.05) is 26.2 Å². The van der Waals surface area contributed by atoms with Crippen LogP contribution in [0.3, 0.4) is 0 Å². The monoisotopic (exact) mass is 408 g/mol. The van der Waals surface area contributed by atoms with Gasteiger partial charge in [0.2, 0.25) is 15.9 Å². The van der Waals surface area contributed by atoms with E-state index in [-0.39, 0.29) is 24.8 Å². The number of carbonyl (C=O) groups is 1. The van der Waals surface area contributed by atoms with E-state index in [0.717, 1.165) is 15.3 Å². The molecule has 0 bridgehead atoms. The summed E-state index contributed by atoms with van der Waals surface area (Å²) >= 11 is 1.47. The summed E-state index contributed by atoms with van der Waals surface area (Å²) in [5.41, 5.74) is 0.731. The molecule has 1 saturated heterocycles. The molecule has 1 aliphatic rings. The molecular formula is C19H21FN2O3S2. The van der Waals surface area contributed by atoms with Crippen LogP contribution in [0.25, 0.3) is 6.08 Å². The zero-order chi connectivity index (χ0) is 19.6. The maximum Gasteiger partial charge on any atom is 0.246 e. The second-order valence-electron chi connectivity index (χ2n) is 6.39. The number of rotatable bonds is 4. The first-order valence-electron chi connectivity index (χ1n) is 8.57. The molecule has 1 aromatic carbocycles. The minimum absolute atomic E-state index is 0.182. The fourth-order valence-corrected chi connectivity index (χ4v) is 5.94. The van der Waals surface area contributed by atoms with Crippen molar-refractivity contribution in [2.45, 2.75) is 18.7 Å². The molecule has 5 nitrogen and oxygen atoms in total. The van der Waals surface area contributed by atoms with Crippen LogP contribution in [0.4, 0.5) is 4.39 Å². The maximum atomic E-state index is 12.9. The molecule has 0 aliphatic carbocycles. The lowest BCUT2D eigenvalue weighted by molar-refractivity contribution is -0.127. The molecule has 2 aromatic rings. The predicted octanol–water partition coefficient (Wildman–Crippen LogP) is 3.05. The number of benzene rings is 1. The van der Waals surface area contributed by atoms with Crippen LogP contribution in [0.2, 0.25) is 0 Å². The van der Waals surface area contributed by atoms with E-state index >= 15 is 0 Å². The lowest BCUT2D eigenvalue weighted by Crippen LogP contribution is -2.50. The van der Waals surface area contributed by atoms with Crippen LogP contribution < -0.4 is 0 Å². The van der Waals surface area contributed by atoms with Crippen LogP contribution in [0.5, 0.6) is 0 Å². The van der Waals surface area contributed by atoms with E-state index in [2.05, 4.69) is 0 Å². The first kappa shape index (κ1) is 19.7. The van der Waals surface area contributed by atoms with Gasteiger partial charge < -0.3 is 4.90 Å². The minimum Gasteiger partial charge on any atom is -0.337 e. The molecule has 1 aliphatic heterocycles. The predicted molar refractivity (Wildman–Crippen MR) is 105 cm³/mol. The van der Waals surface area contributed by atoms with Crippen LogP contribution in [-0.2, 0) is 14.8 Å². The molecule has 1 amide bonds. The van der Waals surface area contributed by atoms with E-state index in [1.54, 1.807) is 29.2 Å². The Morgan fingerprint density at radius 3 is 2.30 bits per heavy atom. The normalized spacial score (nSPS) is 16.2. The van der Waals surface area contributed by atoms with Crippen molar-refractivity contribution >= 4 is 33.3 Å². The molecule has 0 radical (unpaired) electrons. The zero-order valence-electron chi connectivity index (χ0n) is 15.2. The van der Waals surface area contributed by atoms with Gasteiger partial charge in [0.1, 0.15) is 5.82 Å². The van der Waals surface area contributed by atoms with Crippen LogP contribution >= 0.6 is 11.3 Å². The number of halogens is 1. The third kappa shape index (κ3) is 4.45. The molecule has 144 valence electrons. The Kier molecular flexibility index (Phi) is 5.78. The highest BCUT2D eigenvalue weighted by molar-refractivity contribution is 7.89. The summed E-state index contributed by atoms with van der Waals surface area (Å²) in [7, 11) is -3.53. The van der Waals surface area contributed by atoms with Gasteiger partial charge >= 0.3 is 0 Å². The average Bonchev–Trinajstić information content (AvgIpc) is 3.00. The number of hydrogen-bond acceptors (Lipinski definition) is 4. The number of nitrogens with zero attached hydrogens (tertiary/aromatic N) is 2. The quantitative estimate of drug-likeness (QED) is 0.731. The Morgan fingerprint density at radius 1 is 1.11 bits per heavy atom. The van der Waals surface area contributed by atoms with Gasteiger partial charge in [-0.25, -0.2) is 12.8 Å². The fourth-order valence-electron chi connectivity index (χ4n) is 3.00. The van der Waals surface area contributed by atoms with Crippen molar-refractivity contribution in [3.8, 4) is 0 Å². The summed E-state index contributed by atoms with van der Waals surface area (Å²) < 4.78 is 40.0. The van der Waals surface area contributed by atoms with Gasteiger partial charge in [-0.15, -0.1) is 11.3 Å². The van der Waals surface area contributed by atoms with E-state index in [1.807, 2.05) is 13.8 Å². The van der Waals surface area contributed by atoms with Crippen LogP contribution in [0.15, 0.2) is 41.3 Å². The summed E-state index contributed by atoms with van der Waals surface area (Å²) in [5, 5.41) is 0. The SMILES string of the molecule is Cc1cc(S(=O)(=O)N2CCN(C(=O)/C=C/c3ccc(F)cc3)CC2)c(C)s1. The summed E-state index contributed by atoms with van der Waals surface area (Å²) in [4.78, 5) is 16.1. The first-order chi connectivity index (χ1) is 12.8. The topological polar surface area (TPSA) is 57.7 Å². The van der Waals surface area contributed by atoms with Crippen LogP contribution in [0.1, 0.15) is 15.3 Å². The van der Waals surface area contributed by atoms with Crippen molar-refractivity contribution in [1.82, 2.24) is 9.21 Å². The Hall–Kier alpha value is -2.03. The highest BCUT2D eigenvalue weighted by Crippen LogP contribution is 2.28. The number of sulfonamides is 1. The average molecular weight is 409 g/mol. The number of amides is 1. The molecule has 1 fully saturated rings. The van der Waals surface area contributed by atoms with Crippen LogP contribution in [-0.4, -0.2) is 49.7 Å². The second-order valence-corrected chi connectivity index (χ2v) is 9.76. The van der Waals surface area contributed by atoms with Crippen LogP contribution in [0, 0.1) is 19.7 Å². The van der Waals surface area contributed by atoms with E-state index in [1.165, 1.54) is 33.9 Å². The molecule has 0 atom stereocenters. The number of carbonyl (C=O) groups excluding carboxylic acids is 1. The lowest BCUT2D eigenvalue weighted by Gasteiger charge is -2.33. The highest BCUT2D eigenvalue weighted by Gasteiger charge is 2.31. The highest BCUT2D eigenvalue weighted by atomic mass is 32.2. The maximum absolute atomic E-state index is 12.9. The van der Waals surface area contributed by atoms with Crippen molar-refractivity contribution in [1.29, 1.82) is 0 Å². The molecular weight excluding hydrogens is 387 g/mol. The van der Waals surface area contributed by atoms with Gasteiger partial charge in [-0.3, -0.25) is 4.79 Å². The number of hydrogen-bond donors (Lipinski definition) is 0. The van der Waals surface area contributed by atoms with Gasteiger partial charge in [-0.2, -0.15) is 4.31 Å². The molecule has 3 rings (SSSR count). The van der Waals surface area contributed by atoms with E-state index in [9.17, 15) is 17.6 Å². The van der Waals surface area contributed by atoms with Crippen molar-refractivity contribution in [3.63, 3.8) is 0 Å². The third-order valence-corrected chi connectivity index (χ3v) is 7.57. The lowest BCUT2D eigenvalue weighted by atomic mass is 10.2.